The van der Waals surface area contributed by atoms with Gasteiger partial charge in [-0.15, -0.1) is 0 Å². The van der Waals surface area contributed by atoms with Crippen molar-refractivity contribution in [3.05, 3.63) is 34.3 Å². The zero-order chi connectivity index (χ0) is 13.2. The molecule has 1 aromatic rings. The molecule has 104 valence electrons. The maximum absolute atomic E-state index is 6.32. The number of rotatable bonds is 4. The van der Waals surface area contributed by atoms with E-state index in [0.717, 1.165) is 37.1 Å². The zero-order valence-corrected chi connectivity index (χ0v) is 12.4. The molecule has 1 aliphatic carbocycles. The highest BCUT2D eigenvalue weighted by atomic mass is 35.5. The predicted octanol–water partition coefficient (Wildman–Crippen LogP) is 3.39. The van der Waals surface area contributed by atoms with E-state index in [4.69, 9.17) is 11.6 Å². The van der Waals surface area contributed by atoms with Crippen molar-refractivity contribution < 1.29 is 0 Å². The highest BCUT2D eigenvalue weighted by molar-refractivity contribution is 6.31. The first-order valence-corrected chi connectivity index (χ1v) is 7.82. The first-order chi connectivity index (χ1) is 9.24. The Morgan fingerprint density at radius 2 is 2.05 bits per heavy atom. The van der Waals surface area contributed by atoms with Gasteiger partial charge in [0.2, 0.25) is 0 Å². The van der Waals surface area contributed by atoms with Crippen LogP contribution in [-0.2, 0) is 0 Å². The van der Waals surface area contributed by atoms with Crippen LogP contribution in [0.5, 0.6) is 0 Å². The number of hydrogen-bond donors (Lipinski definition) is 1. The predicted molar refractivity (Wildman–Crippen MR) is 80.7 cm³/mol. The summed E-state index contributed by atoms with van der Waals surface area (Å²) < 4.78 is 0. The molecule has 1 aliphatic heterocycles. The smallest absolute Gasteiger partial charge is 0.0438 e. The fraction of sp³-hybridized carbons (Fsp3) is 0.625. The summed E-state index contributed by atoms with van der Waals surface area (Å²) in [4.78, 5) is 2.63. The van der Waals surface area contributed by atoms with Gasteiger partial charge in [-0.2, -0.15) is 0 Å². The minimum atomic E-state index is 0.563. The van der Waals surface area contributed by atoms with E-state index in [1.54, 1.807) is 0 Å². The topological polar surface area (TPSA) is 15.3 Å². The molecule has 1 heterocycles. The average molecular weight is 279 g/mol. The second-order valence-corrected chi connectivity index (χ2v) is 6.40. The molecule has 3 rings (SSSR count). The molecule has 1 saturated carbocycles. The Bertz CT molecular complexity index is 436. The Morgan fingerprint density at radius 1 is 1.32 bits per heavy atom. The van der Waals surface area contributed by atoms with Crippen LogP contribution in [0, 0.1) is 12.8 Å². The van der Waals surface area contributed by atoms with Crippen molar-refractivity contribution in [3.63, 3.8) is 0 Å². The van der Waals surface area contributed by atoms with Gasteiger partial charge in [-0.05, 0) is 36.5 Å². The Kier molecular flexibility index (Phi) is 4.11. The van der Waals surface area contributed by atoms with Crippen LogP contribution in [0.25, 0.3) is 0 Å². The average Bonchev–Trinajstić information content (AvgIpc) is 3.24. The van der Waals surface area contributed by atoms with Crippen molar-refractivity contribution in [1.82, 2.24) is 10.2 Å². The molecule has 0 bridgehead atoms. The lowest BCUT2D eigenvalue weighted by molar-refractivity contribution is 0.160. The number of nitrogens with zero attached hydrogens (tertiary/aromatic N) is 1. The molecule has 1 N–H and O–H groups in total. The summed E-state index contributed by atoms with van der Waals surface area (Å²) in [5, 5.41) is 4.35. The zero-order valence-electron chi connectivity index (χ0n) is 11.7. The fourth-order valence-electron chi connectivity index (χ4n) is 2.98. The number of piperazine rings is 1. The van der Waals surface area contributed by atoms with Gasteiger partial charge in [0.25, 0.3) is 0 Å². The third-order valence-corrected chi connectivity index (χ3v) is 4.83. The molecule has 2 nitrogen and oxygen atoms in total. The maximum atomic E-state index is 6.32. The second-order valence-electron chi connectivity index (χ2n) is 5.99. The van der Waals surface area contributed by atoms with Crippen LogP contribution in [0.2, 0.25) is 5.02 Å². The normalized spacial score (nSPS) is 22.4. The molecular weight excluding hydrogens is 256 g/mol. The summed E-state index contributed by atoms with van der Waals surface area (Å²) in [6.45, 7) is 6.61. The van der Waals surface area contributed by atoms with E-state index in [-0.39, 0.29) is 0 Å². The molecule has 1 atom stereocenters. The Labute approximate surface area is 121 Å². The van der Waals surface area contributed by atoms with E-state index in [0.29, 0.717) is 6.04 Å². The molecule has 19 heavy (non-hydrogen) atoms. The minimum absolute atomic E-state index is 0.563. The second kappa shape index (κ2) is 5.82. The standard InChI is InChI=1S/C16H23ClN2/c1-12-2-5-14(11-15(12)17)16(10-13-3-4-13)19-8-6-18-7-9-19/h2,5,11,13,16,18H,3-4,6-10H2,1H3/t16-/m0/s1. The van der Waals surface area contributed by atoms with Gasteiger partial charge in [0.05, 0.1) is 0 Å². The quantitative estimate of drug-likeness (QED) is 0.908. The van der Waals surface area contributed by atoms with E-state index in [9.17, 15) is 0 Å². The lowest BCUT2D eigenvalue weighted by atomic mass is 9.97. The molecule has 0 radical (unpaired) electrons. The Hall–Kier alpha value is -0.570. The van der Waals surface area contributed by atoms with Gasteiger partial charge in [0.15, 0.2) is 0 Å². The van der Waals surface area contributed by atoms with Gasteiger partial charge in [-0.3, -0.25) is 4.90 Å². The first kappa shape index (κ1) is 13.4. The van der Waals surface area contributed by atoms with E-state index in [2.05, 4.69) is 35.3 Å². The monoisotopic (exact) mass is 278 g/mol. The van der Waals surface area contributed by atoms with Crippen molar-refractivity contribution in [2.75, 3.05) is 26.2 Å². The molecule has 0 unspecified atom stereocenters. The van der Waals surface area contributed by atoms with Crippen LogP contribution in [0.3, 0.4) is 0 Å². The summed E-state index contributed by atoms with van der Waals surface area (Å²) in [6.07, 6.45) is 4.14. The number of aryl methyl sites for hydroxylation is 1. The number of nitrogens with one attached hydrogen (secondary N) is 1. The summed E-state index contributed by atoms with van der Waals surface area (Å²) in [7, 11) is 0. The fourth-order valence-corrected chi connectivity index (χ4v) is 3.16. The molecule has 2 aliphatic rings. The molecule has 0 spiro atoms. The molecule has 0 aromatic heterocycles. The van der Waals surface area contributed by atoms with E-state index >= 15 is 0 Å². The molecule has 0 amide bonds. The van der Waals surface area contributed by atoms with Crippen molar-refractivity contribution >= 4 is 11.6 Å². The van der Waals surface area contributed by atoms with Gasteiger partial charge in [-0.1, -0.05) is 36.6 Å². The van der Waals surface area contributed by atoms with Gasteiger partial charge >= 0.3 is 0 Å². The molecule has 2 fully saturated rings. The lowest BCUT2D eigenvalue weighted by Gasteiger charge is -2.35. The lowest BCUT2D eigenvalue weighted by Crippen LogP contribution is -2.45. The van der Waals surface area contributed by atoms with Crippen LogP contribution < -0.4 is 5.32 Å². The van der Waals surface area contributed by atoms with Crippen LogP contribution in [0.4, 0.5) is 0 Å². The van der Waals surface area contributed by atoms with E-state index in [1.807, 2.05) is 0 Å². The number of halogens is 1. The highest BCUT2D eigenvalue weighted by Gasteiger charge is 2.30. The molecular formula is C16H23ClN2. The summed E-state index contributed by atoms with van der Waals surface area (Å²) in [6, 6.07) is 7.19. The van der Waals surface area contributed by atoms with E-state index < -0.39 is 0 Å². The van der Waals surface area contributed by atoms with Crippen LogP contribution in [-0.4, -0.2) is 31.1 Å². The Balaban J connectivity index is 1.81. The van der Waals surface area contributed by atoms with Gasteiger partial charge in [0, 0.05) is 37.2 Å². The van der Waals surface area contributed by atoms with Crippen molar-refractivity contribution in [2.45, 2.75) is 32.2 Å². The van der Waals surface area contributed by atoms with Crippen LogP contribution in [0.15, 0.2) is 18.2 Å². The minimum Gasteiger partial charge on any atom is -0.314 e. The maximum Gasteiger partial charge on any atom is 0.0438 e. The number of hydrogen-bond acceptors (Lipinski definition) is 2. The van der Waals surface area contributed by atoms with E-state index in [1.165, 1.54) is 30.4 Å². The first-order valence-electron chi connectivity index (χ1n) is 7.45. The molecule has 3 heteroatoms. The highest BCUT2D eigenvalue weighted by Crippen LogP contribution is 2.40. The third-order valence-electron chi connectivity index (χ3n) is 4.43. The van der Waals surface area contributed by atoms with Gasteiger partial charge in [0.1, 0.15) is 0 Å². The molecule has 1 aromatic carbocycles. The summed E-state index contributed by atoms with van der Waals surface area (Å²) in [5.41, 5.74) is 2.58. The van der Waals surface area contributed by atoms with Crippen molar-refractivity contribution in [3.8, 4) is 0 Å². The van der Waals surface area contributed by atoms with Crippen LogP contribution >= 0.6 is 11.6 Å². The van der Waals surface area contributed by atoms with Gasteiger partial charge < -0.3 is 5.32 Å². The molecule has 1 saturated heterocycles. The largest absolute Gasteiger partial charge is 0.314 e. The summed E-state index contributed by atoms with van der Waals surface area (Å²) >= 11 is 6.32. The Morgan fingerprint density at radius 3 is 2.68 bits per heavy atom. The third kappa shape index (κ3) is 3.31. The van der Waals surface area contributed by atoms with Crippen molar-refractivity contribution in [2.24, 2.45) is 5.92 Å². The van der Waals surface area contributed by atoms with Crippen molar-refractivity contribution in [1.29, 1.82) is 0 Å². The van der Waals surface area contributed by atoms with Crippen LogP contribution in [0.1, 0.15) is 36.4 Å². The number of benzene rings is 1. The van der Waals surface area contributed by atoms with Gasteiger partial charge in [-0.25, -0.2) is 0 Å². The summed E-state index contributed by atoms with van der Waals surface area (Å²) in [5.74, 6) is 0.944. The SMILES string of the molecule is Cc1ccc([C@H](CC2CC2)N2CCNCC2)cc1Cl.